The number of ketones is 1. The van der Waals surface area contributed by atoms with Gasteiger partial charge in [0.1, 0.15) is 5.78 Å². The van der Waals surface area contributed by atoms with Crippen molar-refractivity contribution in [2.24, 2.45) is 0 Å². The van der Waals surface area contributed by atoms with Crippen LogP contribution in [0.15, 0.2) is 60.7 Å². The first kappa shape index (κ1) is 15.5. The molecule has 0 spiro atoms. The van der Waals surface area contributed by atoms with Crippen molar-refractivity contribution in [2.75, 3.05) is 0 Å². The Morgan fingerprint density at radius 2 is 1.57 bits per heavy atom. The molecule has 0 heterocycles. The monoisotopic (exact) mass is 302 g/mol. The van der Waals surface area contributed by atoms with E-state index in [1.807, 2.05) is 13.0 Å². The molecular weight excluding hydrogens is 280 g/mol. The lowest BCUT2D eigenvalue weighted by atomic mass is 9.88. The van der Waals surface area contributed by atoms with Gasteiger partial charge < -0.3 is 0 Å². The van der Waals surface area contributed by atoms with Gasteiger partial charge in [0.25, 0.3) is 0 Å². The van der Waals surface area contributed by atoms with Crippen LogP contribution in [0.1, 0.15) is 30.9 Å². The zero-order valence-electron chi connectivity index (χ0n) is 13.8. The summed E-state index contributed by atoms with van der Waals surface area (Å²) in [6, 6.07) is 21.3. The zero-order valence-corrected chi connectivity index (χ0v) is 13.8. The van der Waals surface area contributed by atoms with Crippen LogP contribution in [0.25, 0.3) is 21.9 Å². The van der Waals surface area contributed by atoms with Crippen LogP contribution in [0.3, 0.4) is 0 Å². The number of fused-ring (bicyclic) bond motifs is 1. The van der Waals surface area contributed by atoms with Crippen LogP contribution < -0.4 is 0 Å². The third-order valence-corrected chi connectivity index (χ3v) is 4.50. The molecule has 0 saturated heterocycles. The lowest BCUT2D eigenvalue weighted by Crippen LogP contribution is -2.01. The summed E-state index contributed by atoms with van der Waals surface area (Å²) in [5.74, 6) is 0.327. The van der Waals surface area contributed by atoms with Crippen molar-refractivity contribution in [1.82, 2.24) is 0 Å². The summed E-state index contributed by atoms with van der Waals surface area (Å²) in [5, 5.41) is 2.56. The molecule has 116 valence electrons. The van der Waals surface area contributed by atoms with Crippen LogP contribution in [0.4, 0.5) is 0 Å². The molecule has 1 nitrogen and oxygen atoms in total. The number of benzene rings is 3. The summed E-state index contributed by atoms with van der Waals surface area (Å²) in [5.41, 5.74) is 5.05. The molecule has 0 aliphatic rings. The van der Waals surface area contributed by atoms with Crippen LogP contribution >= 0.6 is 0 Å². The number of Topliss-reactive ketones (excluding diaryl/α,β-unsaturated/α-hetero) is 1. The highest BCUT2D eigenvalue weighted by Crippen LogP contribution is 2.33. The van der Waals surface area contributed by atoms with E-state index in [2.05, 4.69) is 61.5 Å². The average Bonchev–Trinajstić information content (AvgIpc) is 2.61. The summed E-state index contributed by atoms with van der Waals surface area (Å²) in [4.78, 5) is 11.8. The molecule has 0 aromatic heterocycles. The van der Waals surface area contributed by atoms with Gasteiger partial charge in [-0.3, -0.25) is 4.79 Å². The maximum Gasteiger partial charge on any atom is 0.132 e. The van der Waals surface area contributed by atoms with Crippen molar-refractivity contribution in [1.29, 1.82) is 0 Å². The number of hydrogen-bond donors (Lipinski definition) is 0. The molecule has 0 N–H and O–H groups in total. The van der Waals surface area contributed by atoms with E-state index in [0.717, 1.165) is 6.42 Å². The van der Waals surface area contributed by atoms with Crippen molar-refractivity contribution in [3.8, 4) is 11.1 Å². The molecule has 0 bridgehead atoms. The summed E-state index contributed by atoms with van der Waals surface area (Å²) in [6.07, 6.45) is 2.03. The van der Waals surface area contributed by atoms with Crippen LogP contribution in [0, 0.1) is 6.92 Å². The van der Waals surface area contributed by atoms with Gasteiger partial charge in [-0.25, -0.2) is 0 Å². The summed E-state index contributed by atoms with van der Waals surface area (Å²) < 4.78 is 0. The second-order valence-corrected chi connectivity index (χ2v) is 6.02. The highest BCUT2D eigenvalue weighted by molar-refractivity contribution is 5.94. The van der Waals surface area contributed by atoms with Gasteiger partial charge in [-0.15, -0.1) is 0 Å². The standard InChI is InChI=1S/C22H22O/c1-3-18(23)13-14-21-20-12-8-7-11-19(20)16(2)15-22(21)17-9-5-4-6-10-17/h4-12,15H,3,13-14H2,1-2H3. The van der Waals surface area contributed by atoms with Crippen LogP contribution in [0.2, 0.25) is 0 Å². The Morgan fingerprint density at radius 3 is 2.26 bits per heavy atom. The summed E-state index contributed by atoms with van der Waals surface area (Å²) in [6.45, 7) is 4.10. The Balaban J connectivity index is 2.19. The molecule has 3 aromatic rings. The van der Waals surface area contributed by atoms with E-state index >= 15 is 0 Å². The predicted molar refractivity (Wildman–Crippen MR) is 97.7 cm³/mol. The minimum atomic E-state index is 0.327. The predicted octanol–water partition coefficient (Wildman–Crippen LogP) is 5.73. The van der Waals surface area contributed by atoms with E-state index in [0.29, 0.717) is 18.6 Å². The van der Waals surface area contributed by atoms with Gasteiger partial charge in [0, 0.05) is 12.8 Å². The molecule has 23 heavy (non-hydrogen) atoms. The Hall–Kier alpha value is -2.41. The van der Waals surface area contributed by atoms with E-state index < -0.39 is 0 Å². The van der Waals surface area contributed by atoms with Crippen LogP contribution in [-0.4, -0.2) is 5.78 Å². The number of aryl methyl sites for hydroxylation is 2. The van der Waals surface area contributed by atoms with Gasteiger partial charge in [0.15, 0.2) is 0 Å². The summed E-state index contributed by atoms with van der Waals surface area (Å²) >= 11 is 0. The molecule has 0 aliphatic carbocycles. The van der Waals surface area contributed by atoms with Gasteiger partial charge in [-0.05, 0) is 46.4 Å². The molecular formula is C22H22O. The molecule has 0 unspecified atom stereocenters. The Morgan fingerprint density at radius 1 is 0.913 bits per heavy atom. The first-order chi connectivity index (χ1) is 11.2. The Bertz CT molecular complexity index is 831. The number of hydrogen-bond acceptors (Lipinski definition) is 1. The normalized spacial score (nSPS) is 10.9. The average molecular weight is 302 g/mol. The first-order valence-electron chi connectivity index (χ1n) is 8.29. The lowest BCUT2D eigenvalue weighted by molar-refractivity contribution is -0.118. The number of carbonyl (C=O) groups excluding carboxylic acids is 1. The molecule has 3 aromatic carbocycles. The van der Waals surface area contributed by atoms with Gasteiger partial charge in [-0.1, -0.05) is 67.6 Å². The van der Waals surface area contributed by atoms with E-state index in [9.17, 15) is 4.79 Å². The summed E-state index contributed by atoms with van der Waals surface area (Å²) in [7, 11) is 0. The first-order valence-corrected chi connectivity index (χ1v) is 8.29. The Kier molecular flexibility index (Phi) is 4.57. The quantitative estimate of drug-likeness (QED) is 0.588. The molecule has 0 fully saturated rings. The zero-order chi connectivity index (χ0) is 16.2. The third-order valence-electron chi connectivity index (χ3n) is 4.50. The lowest BCUT2D eigenvalue weighted by Gasteiger charge is -2.15. The second kappa shape index (κ2) is 6.78. The highest BCUT2D eigenvalue weighted by atomic mass is 16.1. The van der Waals surface area contributed by atoms with Crippen molar-refractivity contribution >= 4 is 16.6 Å². The van der Waals surface area contributed by atoms with E-state index in [4.69, 9.17) is 0 Å². The largest absolute Gasteiger partial charge is 0.300 e. The van der Waals surface area contributed by atoms with E-state index in [1.54, 1.807) is 0 Å². The number of rotatable bonds is 5. The van der Waals surface area contributed by atoms with Gasteiger partial charge in [0.05, 0.1) is 0 Å². The highest BCUT2D eigenvalue weighted by Gasteiger charge is 2.12. The van der Waals surface area contributed by atoms with Crippen molar-refractivity contribution in [3.05, 3.63) is 71.8 Å². The maximum atomic E-state index is 11.8. The van der Waals surface area contributed by atoms with Gasteiger partial charge in [-0.2, -0.15) is 0 Å². The third kappa shape index (κ3) is 3.19. The minimum absolute atomic E-state index is 0.327. The molecule has 1 heteroatoms. The molecule has 0 saturated carbocycles. The molecule has 0 radical (unpaired) electrons. The van der Waals surface area contributed by atoms with Crippen LogP contribution in [0.5, 0.6) is 0 Å². The molecule has 3 rings (SSSR count). The fraction of sp³-hybridized carbons (Fsp3) is 0.227. The van der Waals surface area contributed by atoms with E-state index in [-0.39, 0.29) is 0 Å². The molecule has 0 aliphatic heterocycles. The Labute approximate surface area is 138 Å². The van der Waals surface area contributed by atoms with E-state index in [1.165, 1.54) is 33.0 Å². The minimum Gasteiger partial charge on any atom is -0.300 e. The van der Waals surface area contributed by atoms with Gasteiger partial charge in [0.2, 0.25) is 0 Å². The number of carbonyl (C=O) groups is 1. The SMILES string of the molecule is CCC(=O)CCc1c(-c2ccccc2)cc(C)c2ccccc12. The molecule has 0 amide bonds. The second-order valence-electron chi connectivity index (χ2n) is 6.02. The van der Waals surface area contributed by atoms with Crippen molar-refractivity contribution < 1.29 is 4.79 Å². The van der Waals surface area contributed by atoms with Crippen molar-refractivity contribution in [2.45, 2.75) is 33.1 Å². The van der Waals surface area contributed by atoms with Gasteiger partial charge >= 0.3 is 0 Å². The van der Waals surface area contributed by atoms with Crippen LogP contribution in [-0.2, 0) is 11.2 Å². The fourth-order valence-corrected chi connectivity index (χ4v) is 3.20. The fourth-order valence-electron chi connectivity index (χ4n) is 3.20. The topological polar surface area (TPSA) is 17.1 Å². The maximum absolute atomic E-state index is 11.8. The van der Waals surface area contributed by atoms with Crippen molar-refractivity contribution in [3.63, 3.8) is 0 Å². The molecule has 0 atom stereocenters. The smallest absolute Gasteiger partial charge is 0.132 e.